The van der Waals surface area contributed by atoms with Crippen LogP contribution >= 0.6 is 0 Å². The molecular weight excluding hydrogens is 212 g/mol. The Bertz CT molecular complexity index is 457. The Balaban J connectivity index is 2.14. The molecule has 0 saturated carbocycles. The number of amides is 1. The van der Waals surface area contributed by atoms with Crippen molar-refractivity contribution in [3.63, 3.8) is 0 Å². The average molecular weight is 230 g/mol. The van der Waals surface area contributed by atoms with Gasteiger partial charge in [0.25, 0.3) is 0 Å². The predicted octanol–water partition coefficient (Wildman–Crippen LogP) is 2.15. The number of rotatable bonds is 3. The summed E-state index contributed by atoms with van der Waals surface area (Å²) < 4.78 is 0. The van der Waals surface area contributed by atoms with Crippen molar-refractivity contribution in [2.45, 2.75) is 39.7 Å². The molecule has 1 heterocycles. The van der Waals surface area contributed by atoms with E-state index in [1.807, 2.05) is 6.92 Å². The van der Waals surface area contributed by atoms with Gasteiger partial charge in [0, 0.05) is 6.42 Å². The van der Waals surface area contributed by atoms with Crippen molar-refractivity contribution in [3.05, 3.63) is 34.9 Å². The third kappa shape index (κ3) is 2.73. The Morgan fingerprint density at radius 3 is 2.41 bits per heavy atom. The maximum absolute atomic E-state index is 11.5. The van der Waals surface area contributed by atoms with Crippen LogP contribution in [0.15, 0.2) is 23.2 Å². The molecule has 90 valence electrons. The van der Waals surface area contributed by atoms with Crippen molar-refractivity contribution in [1.29, 1.82) is 0 Å². The topological polar surface area (TPSA) is 41.5 Å². The summed E-state index contributed by atoms with van der Waals surface area (Å²) in [6, 6.07) is 6.24. The summed E-state index contributed by atoms with van der Waals surface area (Å²) in [5.41, 5.74) is 3.70. The first-order valence-corrected chi connectivity index (χ1v) is 6.03. The lowest BCUT2D eigenvalue weighted by Crippen LogP contribution is -2.29. The van der Waals surface area contributed by atoms with Gasteiger partial charge in [0.15, 0.2) is 0 Å². The zero-order chi connectivity index (χ0) is 12.4. The largest absolute Gasteiger partial charge is 0.312 e. The van der Waals surface area contributed by atoms with Crippen LogP contribution in [0, 0.1) is 13.8 Å². The first kappa shape index (κ1) is 11.8. The number of carbonyl (C=O) groups is 1. The van der Waals surface area contributed by atoms with Gasteiger partial charge >= 0.3 is 0 Å². The summed E-state index contributed by atoms with van der Waals surface area (Å²) in [5, 5.41) is 2.85. The maximum Gasteiger partial charge on any atom is 0.250 e. The molecule has 3 heteroatoms. The van der Waals surface area contributed by atoms with E-state index in [1.54, 1.807) is 0 Å². The van der Waals surface area contributed by atoms with Crippen molar-refractivity contribution < 1.29 is 4.79 Å². The van der Waals surface area contributed by atoms with E-state index in [-0.39, 0.29) is 11.9 Å². The molecule has 0 radical (unpaired) electrons. The van der Waals surface area contributed by atoms with Crippen LogP contribution in [0.5, 0.6) is 0 Å². The highest BCUT2D eigenvalue weighted by Gasteiger charge is 2.24. The number of hydrogen-bond acceptors (Lipinski definition) is 2. The Morgan fingerprint density at radius 1 is 1.24 bits per heavy atom. The summed E-state index contributed by atoms with van der Waals surface area (Å²) in [7, 11) is 0. The fourth-order valence-corrected chi connectivity index (χ4v) is 2.24. The number of amidine groups is 1. The van der Waals surface area contributed by atoms with Crippen molar-refractivity contribution >= 4 is 11.7 Å². The molecule has 1 aliphatic heterocycles. The van der Waals surface area contributed by atoms with Crippen LogP contribution in [-0.4, -0.2) is 17.8 Å². The molecule has 2 rings (SSSR count). The number of aliphatic imine (C=N–C) groups is 1. The van der Waals surface area contributed by atoms with E-state index in [0.29, 0.717) is 6.42 Å². The van der Waals surface area contributed by atoms with Crippen molar-refractivity contribution in [1.82, 2.24) is 5.32 Å². The zero-order valence-electron chi connectivity index (χ0n) is 10.6. The summed E-state index contributed by atoms with van der Waals surface area (Å²) in [6.07, 6.45) is 1.48. The lowest BCUT2D eigenvalue weighted by atomic mass is 10.0. The molecule has 0 saturated heterocycles. The summed E-state index contributed by atoms with van der Waals surface area (Å²) in [4.78, 5) is 15.9. The summed E-state index contributed by atoms with van der Waals surface area (Å²) >= 11 is 0. The SMILES string of the molecule is CCC1N=C(Cc2cc(C)cc(C)c2)NC1=O. The van der Waals surface area contributed by atoms with Crippen LogP contribution in [0.4, 0.5) is 0 Å². The Kier molecular flexibility index (Phi) is 3.27. The molecule has 17 heavy (non-hydrogen) atoms. The molecule has 1 N–H and O–H groups in total. The van der Waals surface area contributed by atoms with Crippen molar-refractivity contribution in [3.8, 4) is 0 Å². The molecule has 0 fully saturated rings. The molecule has 0 aliphatic carbocycles. The minimum absolute atomic E-state index is 0.0341. The van der Waals surface area contributed by atoms with E-state index >= 15 is 0 Å². The van der Waals surface area contributed by atoms with E-state index in [1.165, 1.54) is 16.7 Å². The summed E-state index contributed by atoms with van der Waals surface area (Å²) in [5.74, 6) is 0.832. The van der Waals surface area contributed by atoms with Gasteiger partial charge < -0.3 is 5.32 Å². The lowest BCUT2D eigenvalue weighted by Gasteiger charge is -2.04. The number of benzene rings is 1. The monoisotopic (exact) mass is 230 g/mol. The van der Waals surface area contributed by atoms with E-state index < -0.39 is 0 Å². The predicted molar refractivity (Wildman–Crippen MR) is 69.3 cm³/mol. The van der Waals surface area contributed by atoms with Gasteiger partial charge in [0.05, 0.1) is 0 Å². The molecule has 1 unspecified atom stereocenters. The number of nitrogens with one attached hydrogen (secondary N) is 1. The second kappa shape index (κ2) is 4.70. The van der Waals surface area contributed by atoms with E-state index in [0.717, 1.165) is 12.3 Å². The Hall–Kier alpha value is -1.64. The van der Waals surface area contributed by atoms with Gasteiger partial charge in [-0.15, -0.1) is 0 Å². The maximum atomic E-state index is 11.5. The quantitative estimate of drug-likeness (QED) is 0.849. The van der Waals surface area contributed by atoms with Crippen molar-refractivity contribution in [2.75, 3.05) is 0 Å². The highest BCUT2D eigenvalue weighted by molar-refractivity contribution is 6.06. The van der Waals surface area contributed by atoms with Crippen LogP contribution in [0.1, 0.15) is 30.0 Å². The standard InChI is InChI=1S/C14H18N2O/c1-4-12-14(17)16-13(15-12)8-11-6-9(2)5-10(3)7-11/h5-7,12H,4,8H2,1-3H3,(H,15,16,17). The van der Waals surface area contributed by atoms with Gasteiger partial charge in [-0.1, -0.05) is 36.2 Å². The number of nitrogens with zero attached hydrogens (tertiary/aromatic N) is 1. The molecule has 1 aliphatic rings. The lowest BCUT2D eigenvalue weighted by molar-refractivity contribution is -0.120. The fraction of sp³-hybridized carbons (Fsp3) is 0.429. The van der Waals surface area contributed by atoms with Crippen LogP contribution in [0.2, 0.25) is 0 Å². The van der Waals surface area contributed by atoms with E-state index in [2.05, 4.69) is 42.4 Å². The van der Waals surface area contributed by atoms with E-state index in [9.17, 15) is 4.79 Å². The number of aryl methyl sites for hydroxylation is 2. The highest BCUT2D eigenvalue weighted by Crippen LogP contribution is 2.12. The highest BCUT2D eigenvalue weighted by atomic mass is 16.2. The Morgan fingerprint density at radius 2 is 1.88 bits per heavy atom. The normalized spacial score (nSPS) is 19.1. The third-order valence-electron chi connectivity index (χ3n) is 2.92. The molecule has 1 atom stereocenters. The van der Waals surface area contributed by atoms with Gasteiger partial charge in [0.1, 0.15) is 11.9 Å². The van der Waals surface area contributed by atoms with Gasteiger partial charge in [0.2, 0.25) is 5.91 Å². The average Bonchev–Trinajstić information content (AvgIpc) is 2.57. The van der Waals surface area contributed by atoms with Crippen LogP contribution in [0.25, 0.3) is 0 Å². The van der Waals surface area contributed by atoms with Crippen molar-refractivity contribution in [2.24, 2.45) is 4.99 Å². The van der Waals surface area contributed by atoms with Gasteiger partial charge in [-0.25, -0.2) is 0 Å². The fourth-order valence-electron chi connectivity index (χ4n) is 2.24. The third-order valence-corrected chi connectivity index (χ3v) is 2.92. The van der Waals surface area contributed by atoms with Crippen LogP contribution < -0.4 is 5.32 Å². The van der Waals surface area contributed by atoms with Crippen LogP contribution in [0.3, 0.4) is 0 Å². The molecule has 3 nitrogen and oxygen atoms in total. The van der Waals surface area contributed by atoms with Gasteiger partial charge in [-0.2, -0.15) is 0 Å². The van der Waals surface area contributed by atoms with E-state index in [4.69, 9.17) is 0 Å². The minimum atomic E-state index is -0.184. The van der Waals surface area contributed by atoms with Crippen LogP contribution in [-0.2, 0) is 11.2 Å². The molecule has 0 bridgehead atoms. The Labute approximate surface area is 102 Å². The molecule has 1 amide bonds. The molecule has 0 aromatic heterocycles. The molecular formula is C14H18N2O. The minimum Gasteiger partial charge on any atom is -0.312 e. The molecule has 0 spiro atoms. The molecule has 1 aromatic carbocycles. The van der Waals surface area contributed by atoms with Gasteiger partial charge in [-0.3, -0.25) is 9.79 Å². The zero-order valence-corrected chi connectivity index (χ0v) is 10.6. The number of hydrogen-bond donors (Lipinski definition) is 1. The first-order chi connectivity index (χ1) is 8.08. The van der Waals surface area contributed by atoms with Gasteiger partial charge in [-0.05, 0) is 25.8 Å². The smallest absolute Gasteiger partial charge is 0.250 e. The first-order valence-electron chi connectivity index (χ1n) is 6.03. The molecule has 1 aromatic rings. The summed E-state index contributed by atoms with van der Waals surface area (Å²) in [6.45, 7) is 6.15. The second-order valence-corrected chi connectivity index (χ2v) is 4.66. The number of carbonyl (C=O) groups excluding carboxylic acids is 1. The second-order valence-electron chi connectivity index (χ2n) is 4.66.